The van der Waals surface area contributed by atoms with Gasteiger partial charge in [-0.1, -0.05) is 26.0 Å². The Balaban J connectivity index is 0.00000132. The minimum Gasteiger partial charge on any atom is -0.355 e. The molecule has 7 heteroatoms. The molecule has 0 aliphatic carbocycles. The molecule has 1 amide bonds. The first-order chi connectivity index (χ1) is 15.1. The molecule has 1 saturated heterocycles. The topological polar surface area (TPSA) is 52.6 Å². The second kappa shape index (κ2) is 11.5. The lowest BCUT2D eigenvalue weighted by molar-refractivity contribution is -0.119. The minimum absolute atomic E-state index is 0.210. The van der Waals surface area contributed by atoms with Crippen molar-refractivity contribution < 1.29 is 4.79 Å². The molecule has 1 aromatic heterocycles. The Hall–Kier alpha value is -2.12. The molecule has 2 aromatic rings. The van der Waals surface area contributed by atoms with E-state index in [1.807, 2.05) is 50.4 Å². The number of carbonyl (C=O) groups excluding carboxylic acids is 1. The highest BCUT2D eigenvalue weighted by Crippen LogP contribution is 2.33. The number of amides is 1. The summed E-state index contributed by atoms with van der Waals surface area (Å²) in [4.78, 5) is 30.0. The van der Waals surface area contributed by atoms with Crippen LogP contribution in [0.15, 0.2) is 35.2 Å². The van der Waals surface area contributed by atoms with Crippen LogP contribution in [0, 0.1) is 13.8 Å². The zero-order chi connectivity index (χ0) is 22.2. The Morgan fingerprint density at radius 3 is 2.61 bits per heavy atom. The molecule has 2 aliphatic heterocycles. The Morgan fingerprint density at radius 2 is 1.81 bits per heavy atom. The van der Waals surface area contributed by atoms with Crippen LogP contribution in [-0.4, -0.2) is 65.8 Å². The van der Waals surface area contributed by atoms with E-state index < -0.39 is 0 Å². The number of benzene rings is 1. The van der Waals surface area contributed by atoms with E-state index in [0.29, 0.717) is 6.54 Å². The number of anilines is 2. The SMILES string of the molecule is CC.Cc1cc(N2CCCN(CC(=O)N3CCCSc4ccccc43)CC2)nc(C)n1. The van der Waals surface area contributed by atoms with Gasteiger partial charge in [0.2, 0.25) is 5.91 Å². The number of hydrogen-bond acceptors (Lipinski definition) is 6. The highest BCUT2D eigenvalue weighted by atomic mass is 32.2. The van der Waals surface area contributed by atoms with Gasteiger partial charge in [-0.15, -0.1) is 11.8 Å². The maximum Gasteiger partial charge on any atom is 0.241 e. The van der Waals surface area contributed by atoms with Crippen molar-refractivity contribution in [1.82, 2.24) is 14.9 Å². The summed E-state index contributed by atoms with van der Waals surface area (Å²) in [5.74, 6) is 3.09. The van der Waals surface area contributed by atoms with Crippen LogP contribution in [0.3, 0.4) is 0 Å². The summed E-state index contributed by atoms with van der Waals surface area (Å²) in [6, 6.07) is 10.3. The van der Waals surface area contributed by atoms with E-state index in [4.69, 9.17) is 0 Å². The molecule has 0 radical (unpaired) electrons. The third-order valence-electron chi connectivity index (χ3n) is 5.46. The van der Waals surface area contributed by atoms with Gasteiger partial charge in [0.15, 0.2) is 0 Å². The molecule has 6 nitrogen and oxygen atoms in total. The van der Waals surface area contributed by atoms with Crippen molar-refractivity contribution in [3.63, 3.8) is 0 Å². The standard InChI is InChI=1S/C22H29N5OS.C2H6/c1-17-15-21(24-18(2)23-17)26-10-5-9-25(12-13-26)16-22(28)27-11-6-14-29-20-8-4-3-7-19(20)27;1-2/h3-4,7-8,15H,5-6,9-14,16H2,1-2H3;1-2H3. The Bertz CT molecular complexity index is 855. The van der Waals surface area contributed by atoms with E-state index in [1.54, 1.807) is 0 Å². The van der Waals surface area contributed by atoms with Gasteiger partial charge in [-0.3, -0.25) is 9.69 Å². The fourth-order valence-corrected chi connectivity index (χ4v) is 5.07. The molecule has 1 fully saturated rings. The molecule has 1 aromatic carbocycles. The summed E-state index contributed by atoms with van der Waals surface area (Å²) < 4.78 is 0. The number of aryl methyl sites for hydroxylation is 2. The molecular formula is C24H35N5OS. The van der Waals surface area contributed by atoms with Crippen LogP contribution in [0.4, 0.5) is 11.5 Å². The van der Waals surface area contributed by atoms with Gasteiger partial charge in [-0.05, 0) is 44.6 Å². The highest BCUT2D eigenvalue weighted by Gasteiger charge is 2.24. The molecule has 0 spiro atoms. The molecule has 31 heavy (non-hydrogen) atoms. The second-order valence-electron chi connectivity index (χ2n) is 7.75. The molecule has 168 valence electrons. The Labute approximate surface area is 191 Å². The monoisotopic (exact) mass is 441 g/mol. The van der Waals surface area contributed by atoms with Crippen LogP contribution in [0.1, 0.15) is 38.2 Å². The third-order valence-corrected chi connectivity index (χ3v) is 6.61. The fourth-order valence-electron chi connectivity index (χ4n) is 4.08. The fraction of sp³-hybridized carbons (Fsp3) is 0.542. The van der Waals surface area contributed by atoms with Gasteiger partial charge < -0.3 is 9.80 Å². The molecule has 0 atom stereocenters. The molecule has 3 heterocycles. The average Bonchev–Trinajstić information content (AvgIpc) is 3.13. The molecule has 4 rings (SSSR count). The Kier molecular flexibility index (Phi) is 8.72. The van der Waals surface area contributed by atoms with E-state index in [-0.39, 0.29) is 5.91 Å². The van der Waals surface area contributed by atoms with Crippen LogP contribution in [0.2, 0.25) is 0 Å². The molecule has 0 unspecified atom stereocenters. The average molecular weight is 442 g/mol. The largest absolute Gasteiger partial charge is 0.355 e. The van der Waals surface area contributed by atoms with Gasteiger partial charge in [0.05, 0.1) is 12.2 Å². The van der Waals surface area contributed by atoms with Crippen molar-refractivity contribution in [3.8, 4) is 0 Å². The lowest BCUT2D eigenvalue weighted by Gasteiger charge is -2.27. The smallest absolute Gasteiger partial charge is 0.241 e. The zero-order valence-corrected chi connectivity index (χ0v) is 20.1. The van der Waals surface area contributed by atoms with E-state index in [2.05, 4.69) is 44.0 Å². The van der Waals surface area contributed by atoms with Gasteiger partial charge in [0.1, 0.15) is 11.6 Å². The summed E-state index contributed by atoms with van der Waals surface area (Å²) in [6.45, 7) is 12.9. The van der Waals surface area contributed by atoms with Crippen molar-refractivity contribution in [2.24, 2.45) is 0 Å². The van der Waals surface area contributed by atoms with Crippen LogP contribution in [0.5, 0.6) is 0 Å². The van der Waals surface area contributed by atoms with E-state index in [1.165, 1.54) is 4.90 Å². The Morgan fingerprint density at radius 1 is 1.00 bits per heavy atom. The van der Waals surface area contributed by atoms with Crippen molar-refractivity contribution in [3.05, 3.63) is 41.9 Å². The predicted octanol–water partition coefficient (Wildman–Crippen LogP) is 4.16. The number of aromatic nitrogens is 2. The highest BCUT2D eigenvalue weighted by molar-refractivity contribution is 7.99. The van der Waals surface area contributed by atoms with E-state index >= 15 is 0 Å². The first-order valence-electron chi connectivity index (χ1n) is 11.4. The number of para-hydroxylation sites is 1. The van der Waals surface area contributed by atoms with Crippen LogP contribution < -0.4 is 9.80 Å². The number of nitrogens with zero attached hydrogens (tertiary/aromatic N) is 5. The van der Waals surface area contributed by atoms with E-state index in [0.717, 1.165) is 74.3 Å². The minimum atomic E-state index is 0.210. The number of carbonyl (C=O) groups is 1. The summed E-state index contributed by atoms with van der Waals surface area (Å²) >= 11 is 1.85. The summed E-state index contributed by atoms with van der Waals surface area (Å²) in [5, 5.41) is 0. The maximum atomic E-state index is 13.2. The third kappa shape index (κ3) is 6.20. The molecule has 0 N–H and O–H groups in total. The van der Waals surface area contributed by atoms with Crippen molar-refractivity contribution >= 4 is 29.2 Å². The normalized spacial score (nSPS) is 17.2. The molecule has 0 bridgehead atoms. The van der Waals surface area contributed by atoms with Gasteiger partial charge >= 0.3 is 0 Å². The van der Waals surface area contributed by atoms with Crippen molar-refractivity contribution in [2.45, 2.75) is 45.4 Å². The number of fused-ring (bicyclic) bond motifs is 1. The number of rotatable bonds is 3. The lowest BCUT2D eigenvalue weighted by atomic mass is 10.2. The zero-order valence-electron chi connectivity index (χ0n) is 19.3. The number of thioether (sulfide) groups is 1. The summed E-state index contributed by atoms with van der Waals surface area (Å²) in [5.41, 5.74) is 2.07. The maximum absolute atomic E-state index is 13.2. The lowest BCUT2D eigenvalue weighted by Crippen LogP contribution is -2.42. The summed E-state index contributed by atoms with van der Waals surface area (Å²) in [7, 11) is 0. The molecule has 2 aliphatic rings. The van der Waals surface area contributed by atoms with Crippen LogP contribution in [-0.2, 0) is 4.79 Å². The van der Waals surface area contributed by atoms with Crippen LogP contribution in [0.25, 0.3) is 0 Å². The second-order valence-corrected chi connectivity index (χ2v) is 8.88. The van der Waals surface area contributed by atoms with Crippen molar-refractivity contribution in [1.29, 1.82) is 0 Å². The van der Waals surface area contributed by atoms with E-state index in [9.17, 15) is 4.79 Å². The quantitative estimate of drug-likeness (QED) is 0.713. The van der Waals surface area contributed by atoms with Gasteiger partial charge in [0, 0.05) is 49.4 Å². The molecule has 0 saturated carbocycles. The predicted molar refractivity (Wildman–Crippen MR) is 130 cm³/mol. The summed E-state index contributed by atoms with van der Waals surface area (Å²) in [6.07, 6.45) is 2.06. The first-order valence-corrected chi connectivity index (χ1v) is 12.4. The van der Waals surface area contributed by atoms with Gasteiger partial charge in [-0.25, -0.2) is 9.97 Å². The van der Waals surface area contributed by atoms with Gasteiger partial charge in [0.25, 0.3) is 0 Å². The molecular weight excluding hydrogens is 406 g/mol. The van der Waals surface area contributed by atoms with Crippen LogP contribution >= 0.6 is 11.8 Å². The van der Waals surface area contributed by atoms with Crippen molar-refractivity contribution in [2.75, 3.05) is 54.8 Å². The number of hydrogen-bond donors (Lipinski definition) is 0. The first kappa shape index (κ1) is 23.5. The van der Waals surface area contributed by atoms with Gasteiger partial charge in [-0.2, -0.15) is 0 Å².